The van der Waals surface area contributed by atoms with Crippen LogP contribution in [0.15, 0.2) is 52.7 Å². The summed E-state index contributed by atoms with van der Waals surface area (Å²) in [6, 6.07) is 5.33. The fourth-order valence-electron chi connectivity index (χ4n) is 5.12. The minimum absolute atomic E-state index is 0.0149. The predicted molar refractivity (Wildman–Crippen MR) is 143 cm³/mol. The molecule has 2 aromatic carbocycles. The van der Waals surface area contributed by atoms with Crippen LogP contribution in [-0.4, -0.2) is 72.8 Å². The summed E-state index contributed by atoms with van der Waals surface area (Å²) in [4.78, 5) is 33.4. The van der Waals surface area contributed by atoms with Crippen LogP contribution in [-0.2, 0) is 20.4 Å². The summed E-state index contributed by atoms with van der Waals surface area (Å²) < 4.78 is 69.4. The molecular weight excluding hydrogens is 552 g/mol. The van der Waals surface area contributed by atoms with Crippen molar-refractivity contribution in [2.24, 2.45) is 0 Å². The summed E-state index contributed by atoms with van der Waals surface area (Å²) >= 11 is 1.19. The number of rotatable bonds is 7. The Morgan fingerprint density at radius 2 is 1.90 bits per heavy atom. The minimum Gasteiger partial charge on any atom is -0.359 e. The van der Waals surface area contributed by atoms with Crippen molar-refractivity contribution < 1.29 is 31.8 Å². The van der Waals surface area contributed by atoms with E-state index in [9.17, 15) is 27.2 Å². The van der Waals surface area contributed by atoms with Crippen molar-refractivity contribution in [2.75, 3.05) is 57.3 Å². The highest BCUT2D eigenvalue weighted by Crippen LogP contribution is 2.49. The van der Waals surface area contributed by atoms with Gasteiger partial charge in [-0.25, -0.2) is 9.18 Å². The molecule has 13 heteroatoms. The topological polar surface area (TPSA) is 76.9 Å². The quantitative estimate of drug-likeness (QED) is 0.179. The van der Waals surface area contributed by atoms with Crippen LogP contribution in [0.25, 0.3) is 22.0 Å². The van der Waals surface area contributed by atoms with E-state index < -0.39 is 29.3 Å². The number of halogens is 4. The maximum Gasteiger partial charge on any atom is 0.417 e. The molecule has 2 aliphatic rings. The number of aromatic nitrogens is 2. The third kappa shape index (κ3) is 5.20. The van der Waals surface area contributed by atoms with Gasteiger partial charge in [-0.05, 0) is 29.8 Å². The van der Waals surface area contributed by atoms with Crippen LogP contribution < -0.4 is 10.6 Å². The molecule has 1 aromatic heterocycles. The van der Waals surface area contributed by atoms with Gasteiger partial charge < -0.3 is 19.3 Å². The molecule has 0 aliphatic carbocycles. The number of hydrogen-bond acceptors (Lipinski definition) is 7. The zero-order valence-corrected chi connectivity index (χ0v) is 22.4. The van der Waals surface area contributed by atoms with Crippen molar-refractivity contribution >= 4 is 34.4 Å². The van der Waals surface area contributed by atoms with Crippen molar-refractivity contribution in [3.63, 3.8) is 0 Å². The second kappa shape index (κ2) is 11.2. The largest absolute Gasteiger partial charge is 0.417 e. The molecule has 3 aromatic rings. The Morgan fingerprint density at radius 1 is 1.20 bits per heavy atom. The molecule has 3 heterocycles. The number of benzene rings is 2. The first-order valence-corrected chi connectivity index (χ1v) is 13.4. The molecule has 40 heavy (non-hydrogen) atoms. The molecule has 0 spiro atoms. The van der Waals surface area contributed by atoms with Gasteiger partial charge in [0.15, 0.2) is 0 Å². The number of alkyl halides is 3. The van der Waals surface area contributed by atoms with Gasteiger partial charge in [0.2, 0.25) is 5.91 Å². The average Bonchev–Trinajstić information content (AvgIpc) is 2.94. The molecule has 1 amide bonds. The molecule has 5 rings (SSSR count). The summed E-state index contributed by atoms with van der Waals surface area (Å²) in [5.74, 6) is -0.446. The Balaban J connectivity index is 1.75. The van der Waals surface area contributed by atoms with Crippen LogP contribution in [0.3, 0.4) is 0 Å². The fourth-order valence-corrected chi connectivity index (χ4v) is 6.44. The molecule has 2 aliphatic heterocycles. The van der Waals surface area contributed by atoms with Crippen LogP contribution >= 0.6 is 11.8 Å². The van der Waals surface area contributed by atoms with Crippen molar-refractivity contribution in [1.29, 1.82) is 0 Å². The van der Waals surface area contributed by atoms with Crippen LogP contribution in [0, 0.1) is 5.82 Å². The first-order valence-electron chi connectivity index (χ1n) is 12.5. The Hall–Kier alpha value is -3.42. The zero-order chi connectivity index (χ0) is 28.6. The highest BCUT2D eigenvalue weighted by Gasteiger charge is 2.39. The van der Waals surface area contributed by atoms with Crippen LogP contribution in [0.2, 0.25) is 0 Å². The lowest BCUT2D eigenvalue weighted by atomic mass is 9.96. The molecule has 0 bridgehead atoms. The summed E-state index contributed by atoms with van der Waals surface area (Å²) in [6.45, 7) is 4.71. The number of methoxy groups -OCH3 is 1. The Morgan fingerprint density at radius 3 is 2.52 bits per heavy atom. The predicted octanol–water partition coefficient (Wildman–Crippen LogP) is 4.32. The van der Waals surface area contributed by atoms with E-state index in [-0.39, 0.29) is 65.4 Å². The maximum atomic E-state index is 14.6. The zero-order valence-electron chi connectivity index (χ0n) is 21.5. The molecule has 212 valence electrons. The number of nitrogens with zero attached hydrogens (tertiary/aromatic N) is 4. The Labute approximate surface area is 231 Å². The molecule has 1 fully saturated rings. The van der Waals surface area contributed by atoms with Crippen LogP contribution in [0.5, 0.6) is 0 Å². The van der Waals surface area contributed by atoms with Crippen molar-refractivity contribution in [3.05, 3.63) is 64.9 Å². The maximum absolute atomic E-state index is 14.6. The third-order valence-electron chi connectivity index (χ3n) is 6.95. The second-order valence-electron chi connectivity index (χ2n) is 9.38. The lowest BCUT2D eigenvalue weighted by Gasteiger charge is -2.36. The van der Waals surface area contributed by atoms with E-state index in [1.807, 2.05) is 0 Å². The van der Waals surface area contributed by atoms with Gasteiger partial charge in [-0.15, -0.1) is 11.8 Å². The van der Waals surface area contributed by atoms with Gasteiger partial charge in [0.25, 0.3) is 0 Å². The number of piperazine rings is 1. The summed E-state index contributed by atoms with van der Waals surface area (Å²) in [5.41, 5.74) is -1.15. The van der Waals surface area contributed by atoms with Gasteiger partial charge >= 0.3 is 11.9 Å². The van der Waals surface area contributed by atoms with Crippen LogP contribution in [0.4, 0.5) is 23.4 Å². The van der Waals surface area contributed by atoms with Crippen molar-refractivity contribution in [1.82, 2.24) is 14.5 Å². The van der Waals surface area contributed by atoms with E-state index in [2.05, 4.69) is 11.6 Å². The van der Waals surface area contributed by atoms with Crippen molar-refractivity contribution in [2.45, 2.75) is 17.1 Å². The number of carbonyl (C=O) groups is 1. The van der Waals surface area contributed by atoms with Crippen molar-refractivity contribution in [3.8, 4) is 11.1 Å². The SMILES string of the molecule is C=CC(=O)N1CCN(c2nc(=O)n3c4c(c(-c5ccc(F)cc5)c(C(F)(F)F)cc24)SC[C@@H]3COCOC)CC1. The average molecular weight is 579 g/mol. The highest BCUT2D eigenvalue weighted by molar-refractivity contribution is 7.99. The molecule has 0 unspecified atom stereocenters. The van der Waals surface area contributed by atoms with E-state index in [4.69, 9.17) is 9.47 Å². The Bertz CT molecular complexity index is 1500. The smallest absolute Gasteiger partial charge is 0.359 e. The van der Waals surface area contributed by atoms with Gasteiger partial charge in [-0.3, -0.25) is 9.36 Å². The van der Waals surface area contributed by atoms with E-state index in [1.54, 1.807) is 9.80 Å². The third-order valence-corrected chi connectivity index (χ3v) is 8.18. The monoisotopic (exact) mass is 578 g/mol. The fraction of sp³-hybridized carbons (Fsp3) is 0.370. The second-order valence-corrected chi connectivity index (χ2v) is 10.4. The first-order chi connectivity index (χ1) is 19.1. The van der Waals surface area contributed by atoms with Crippen LogP contribution in [0.1, 0.15) is 11.6 Å². The van der Waals surface area contributed by atoms with Gasteiger partial charge in [0.1, 0.15) is 18.4 Å². The Kier molecular flexibility index (Phi) is 7.89. The normalized spacial score (nSPS) is 17.4. The molecule has 1 atom stereocenters. The number of carbonyl (C=O) groups excluding carboxylic acids is 1. The molecule has 0 radical (unpaired) electrons. The summed E-state index contributed by atoms with van der Waals surface area (Å²) in [6.07, 6.45) is -3.54. The standard InChI is InChI=1S/C27H26F4N4O4S/c1-3-21(36)33-8-10-34(11-9-33)25-19-12-20(27(29,30)31)22(16-4-6-17(28)7-5-16)24-23(19)35(26(37)32-25)18(14-40-24)13-39-15-38-2/h3-7,12,18H,1,8-11,13-15H2,2H3/t18-/m0/s1. The lowest BCUT2D eigenvalue weighted by Crippen LogP contribution is -2.49. The first kappa shape index (κ1) is 28.1. The number of thioether (sulfide) groups is 1. The molecular formula is C27H26F4N4O4S. The van der Waals surface area contributed by atoms with E-state index in [0.29, 0.717) is 18.6 Å². The van der Waals surface area contributed by atoms with Gasteiger partial charge in [-0.1, -0.05) is 18.7 Å². The van der Waals surface area contributed by atoms with E-state index in [0.717, 1.165) is 18.2 Å². The molecule has 1 saturated heterocycles. The van der Waals surface area contributed by atoms with Gasteiger partial charge in [-0.2, -0.15) is 18.2 Å². The molecule has 0 saturated carbocycles. The summed E-state index contributed by atoms with van der Waals surface area (Å²) in [5, 5.41) is 0.167. The number of amides is 1. The number of anilines is 1. The minimum atomic E-state index is -4.75. The van der Waals surface area contributed by atoms with E-state index >= 15 is 0 Å². The number of ether oxygens (including phenoxy) is 2. The lowest BCUT2D eigenvalue weighted by molar-refractivity contribution is -0.137. The highest BCUT2D eigenvalue weighted by atomic mass is 32.2. The summed E-state index contributed by atoms with van der Waals surface area (Å²) in [7, 11) is 1.46. The van der Waals surface area contributed by atoms with Gasteiger partial charge in [0.05, 0.1) is 23.7 Å². The number of hydrogen-bond donors (Lipinski definition) is 0. The molecule has 0 N–H and O–H groups in total. The van der Waals surface area contributed by atoms with E-state index in [1.165, 1.54) is 41.6 Å². The van der Waals surface area contributed by atoms with Gasteiger partial charge in [0, 0.05) is 54.9 Å². The molecule has 8 nitrogen and oxygen atoms in total.